The van der Waals surface area contributed by atoms with Gasteiger partial charge in [-0.2, -0.15) is 0 Å². The Bertz CT molecular complexity index is 1170. The maximum absolute atomic E-state index is 12.6. The summed E-state index contributed by atoms with van der Waals surface area (Å²) < 4.78 is 17.1. The summed E-state index contributed by atoms with van der Waals surface area (Å²) in [5, 5.41) is 21.9. The predicted molar refractivity (Wildman–Crippen MR) is 126 cm³/mol. The first-order valence-electron chi connectivity index (χ1n) is 11.5. The lowest BCUT2D eigenvalue weighted by atomic mass is 10.0. The molecular weight excluding hydrogens is 474 g/mol. The second-order valence-electron chi connectivity index (χ2n) is 9.41. The van der Waals surface area contributed by atoms with Crippen LogP contribution in [0.25, 0.3) is 0 Å². The zero-order valence-corrected chi connectivity index (χ0v) is 20.3. The number of hydrogen-bond acceptors (Lipinski definition) is 9. The third-order valence-electron chi connectivity index (χ3n) is 5.39. The summed E-state index contributed by atoms with van der Waals surface area (Å²) in [5.74, 6) is -0.704. The number of amides is 1. The van der Waals surface area contributed by atoms with E-state index < -0.39 is 66.6 Å². The Kier molecular flexibility index (Phi) is 8.66. The normalized spacial score (nSPS) is 20.5. The van der Waals surface area contributed by atoms with Crippen LogP contribution in [0.2, 0.25) is 0 Å². The molecule has 4 atom stereocenters. The molecular formula is C24H31N3O9. The number of H-pyrrole nitrogens is 1. The standard InChI is InChI=1S/C24H31N3O9/c1-24(2,3)36-23(33)25-16(14-7-5-4-6-8-14)9-20(30)34-13-15-11-27(22(32)26-21(15)31)19-10-17(29)18(12-28)35-19/h4-8,11,16-19,28-29H,9-10,12-13H2,1-3H3,(H,25,33)(H,26,31,32). The van der Waals surface area contributed by atoms with E-state index in [0.29, 0.717) is 5.56 Å². The van der Waals surface area contributed by atoms with Gasteiger partial charge in [-0.25, -0.2) is 9.59 Å². The molecule has 1 aliphatic rings. The number of nitrogens with zero attached hydrogens (tertiary/aromatic N) is 1. The fourth-order valence-corrected chi connectivity index (χ4v) is 3.67. The minimum absolute atomic E-state index is 0.0233. The Morgan fingerprint density at radius 2 is 1.94 bits per heavy atom. The lowest BCUT2D eigenvalue weighted by Crippen LogP contribution is -2.36. The molecule has 0 saturated carbocycles. The highest BCUT2D eigenvalue weighted by atomic mass is 16.6. The van der Waals surface area contributed by atoms with E-state index in [9.17, 15) is 29.4 Å². The van der Waals surface area contributed by atoms with Crippen LogP contribution in [0.5, 0.6) is 0 Å². The van der Waals surface area contributed by atoms with Gasteiger partial charge in [0.1, 0.15) is 24.5 Å². The van der Waals surface area contributed by atoms with Crippen LogP contribution in [0.15, 0.2) is 46.1 Å². The van der Waals surface area contributed by atoms with Gasteiger partial charge in [-0.15, -0.1) is 0 Å². The molecule has 3 rings (SSSR count). The molecule has 4 N–H and O–H groups in total. The van der Waals surface area contributed by atoms with Crippen molar-refractivity contribution in [3.63, 3.8) is 0 Å². The zero-order valence-electron chi connectivity index (χ0n) is 20.3. The first-order chi connectivity index (χ1) is 17.0. The van der Waals surface area contributed by atoms with Gasteiger partial charge >= 0.3 is 17.8 Å². The van der Waals surface area contributed by atoms with Crippen molar-refractivity contribution in [2.45, 2.75) is 70.3 Å². The summed E-state index contributed by atoms with van der Waals surface area (Å²) >= 11 is 0. The number of ether oxygens (including phenoxy) is 3. The van der Waals surface area contributed by atoms with E-state index in [-0.39, 0.29) is 18.4 Å². The summed E-state index contributed by atoms with van der Waals surface area (Å²) in [6.07, 6.45) is -2.46. The summed E-state index contributed by atoms with van der Waals surface area (Å²) in [5.41, 5.74) is -1.61. The maximum atomic E-state index is 12.6. The average Bonchev–Trinajstić information content (AvgIpc) is 3.17. The number of aromatic nitrogens is 2. The molecule has 1 fully saturated rings. The predicted octanol–water partition coefficient (Wildman–Crippen LogP) is 0.877. The van der Waals surface area contributed by atoms with Crippen LogP contribution >= 0.6 is 0 Å². The van der Waals surface area contributed by atoms with Gasteiger partial charge in [0.2, 0.25) is 0 Å². The van der Waals surface area contributed by atoms with Gasteiger partial charge < -0.3 is 29.7 Å². The van der Waals surface area contributed by atoms with Crippen LogP contribution in [-0.4, -0.2) is 56.2 Å². The van der Waals surface area contributed by atoms with Gasteiger partial charge in [0.25, 0.3) is 5.56 Å². The van der Waals surface area contributed by atoms with Crippen molar-refractivity contribution in [2.24, 2.45) is 0 Å². The number of nitrogens with one attached hydrogen (secondary N) is 2. The van der Waals surface area contributed by atoms with Crippen molar-refractivity contribution in [3.05, 3.63) is 68.5 Å². The number of esters is 1. The number of alkyl carbamates (subject to hydrolysis) is 1. The maximum Gasteiger partial charge on any atom is 0.408 e. The highest BCUT2D eigenvalue weighted by Gasteiger charge is 2.35. The summed E-state index contributed by atoms with van der Waals surface area (Å²) in [6.45, 7) is 4.28. The summed E-state index contributed by atoms with van der Waals surface area (Å²) in [7, 11) is 0. The number of aliphatic hydroxyl groups excluding tert-OH is 2. The quantitative estimate of drug-likeness (QED) is 0.380. The van der Waals surface area contributed by atoms with Crippen molar-refractivity contribution in [3.8, 4) is 0 Å². The minimum Gasteiger partial charge on any atom is -0.460 e. The van der Waals surface area contributed by atoms with E-state index in [4.69, 9.17) is 14.2 Å². The van der Waals surface area contributed by atoms with Crippen LogP contribution in [0.3, 0.4) is 0 Å². The van der Waals surface area contributed by atoms with Crippen LogP contribution in [0, 0.1) is 0 Å². The Hall–Kier alpha value is -3.48. The largest absolute Gasteiger partial charge is 0.460 e. The molecule has 0 radical (unpaired) electrons. The molecule has 0 bridgehead atoms. The van der Waals surface area contributed by atoms with E-state index in [0.717, 1.165) is 4.57 Å². The van der Waals surface area contributed by atoms with E-state index in [2.05, 4.69) is 10.3 Å². The average molecular weight is 506 g/mol. The van der Waals surface area contributed by atoms with Crippen molar-refractivity contribution in [2.75, 3.05) is 6.61 Å². The molecule has 2 aromatic rings. The smallest absolute Gasteiger partial charge is 0.408 e. The number of carbonyl (C=O) groups is 2. The third-order valence-corrected chi connectivity index (χ3v) is 5.39. The van der Waals surface area contributed by atoms with Crippen molar-refractivity contribution in [1.29, 1.82) is 0 Å². The fourth-order valence-electron chi connectivity index (χ4n) is 3.67. The van der Waals surface area contributed by atoms with Gasteiger partial charge in [0.15, 0.2) is 0 Å². The molecule has 1 saturated heterocycles. The highest BCUT2D eigenvalue weighted by molar-refractivity contribution is 5.73. The van der Waals surface area contributed by atoms with Crippen LogP contribution in [0.4, 0.5) is 4.79 Å². The van der Waals surface area contributed by atoms with Gasteiger partial charge in [0.05, 0.1) is 30.7 Å². The fraction of sp³-hybridized carbons (Fsp3) is 0.500. The van der Waals surface area contributed by atoms with E-state index >= 15 is 0 Å². The Morgan fingerprint density at radius 1 is 1.25 bits per heavy atom. The minimum atomic E-state index is -0.979. The molecule has 1 amide bonds. The van der Waals surface area contributed by atoms with Crippen molar-refractivity contribution in [1.82, 2.24) is 14.9 Å². The van der Waals surface area contributed by atoms with Crippen LogP contribution in [0.1, 0.15) is 57.0 Å². The third kappa shape index (κ3) is 7.26. The lowest BCUT2D eigenvalue weighted by Gasteiger charge is -2.23. The van der Waals surface area contributed by atoms with Crippen molar-refractivity contribution < 1.29 is 34.0 Å². The summed E-state index contributed by atoms with van der Waals surface area (Å²) in [4.78, 5) is 51.6. The molecule has 1 aliphatic heterocycles. The Labute approximate surface area is 206 Å². The molecule has 36 heavy (non-hydrogen) atoms. The lowest BCUT2D eigenvalue weighted by molar-refractivity contribution is -0.145. The van der Waals surface area contributed by atoms with E-state index in [1.54, 1.807) is 51.1 Å². The van der Waals surface area contributed by atoms with E-state index in [1.165, 1.54) is 6.20 Å². The highest BCUT2D eigenvalue weighted by Crippen LogP contribution is 2.27. The molecule has 196 valence electrons. The van der Waals surface area contributed by atoms with Gasteiger partial charge in [0, 0.05) is 12.6 Å². The number of hydrogen-bond donors (Lipinski definition) is 4. The molecule has 0 aliphatic carbocycles. The second-order valence-corrected chi connectivity index (χ2v) is 9.41. The molecule has 2 heterocycles. The molecule has 0 spiro atoms. The number of aromatic amines is 1. The van der Waals surface area contributed by atoms with Crippen molar-refractivity contribution >= 4 is 12.1 Å². The van der Waals surface area contributed by atoms with Crippen LogP contribution < -0.4 is 16.6 Å². The first-order valence-corrected chi connectivity index (χ1v) is 11.5. The molecule has 1 aromatic heterocycles. The Balaban J connectivity index is 1.69. The number of benzene rings is 1. The van der Waals surface area contributed by atoms with E-state index in [1.807, 2.05) is 0 Å². The monoisotopic (exact) mass is 505 g/mol. The zero-order chi connectivity index (χ0) is 26.5. The molecule has 4 unspecified atom stereocenters. The SMILES string of the molecule is CC(C)(C)OC(=O)NC(CC(=O)OCc1cn(C2CC(O)C(CO)O2)c(=O)[nH]c1=O)c1ccccc1. The molecule has 12 nitrogen and oxygen atoms in total. The van der Waals surface area contributed by atoms with Gasteiger partial charge in [-0.3, -0.25) is 19.1 Å². The molecule has 1 aromatic carbocycles. The first kappa shape index (κ1) is 27.1. The van der Waals surface area contributed by atoms with Gasteiger partial charge in [-0.1, -0.05) is 30.3 Å². The topological polar surface area (TPSA) is 169 Å². The number of carbonyl (C=O) groups excluding carboxylic acids is 2. The Morgan fingerprint density at radius 3 is 2.56 bits per heavy atom. The number of aliphatic hydroxyl groups is 2. The van der Waals surface area contributed by atoms with Crippen LogP contribution in [-0.2, 0) is 25.6 Å². The number of rotatable bonds is 8. The second kappa shape index (κ2) is 11.5. The van der Waals surface area contributed by atoms with Gasteiger partial charge in [-0.05, 0) is 26.3 Å². The molecule has 12 heteroatoms. The summed E-state index contributed by atoms with van der Waals surface area (Å²) in [6, 6.07) is 8.05.